The van der Waals surface area contributed by atoms with Crippen LogP contribution in [0.5, 0.6) is 0 Å². The van der Waals surface area contributed by atoms with Gasteiger partial charge < -0.3 is 5.32 Å². The van der Waals surface area contributed by atoms with Gasteiger partial charge in [-0.1, -0.05) is 6.92 Å². The molecule has 0 aromatic carbocycles. The molecule has 2 rings (SSSR count). The Kier molecular flexibility index (Phi) is 5.28. The highest BCUT2D eigenvalue weighted by molar-refractivity contribution is 9.10. The van der Waals surface area contributed by atoms with Crippen LogP contribution >= 0.6 is 27.3 Å². The summed E-state index contributed by atoms with van der Waals surface area (Å²) in [5.41, 5.74) is 3.09. The average molecular weight is 326 g/mol. The summed E-state index contributed by atoms with van der Waals surface area (Å²) >= 11 is 5.18. The molecule has 5 heteroatoms. The van der Waals surface area contributed by atoms with E-state index in [1.165, 1.54) is 10.4 Å². The van der Waals surface area contributed by atoms with Crippen molar-refractivity contribution < 1.29 is 0 Å². The van der Waals surface area contributed by atoms with Gasteiger partial charge >= 0.3 is 0 Å². The molecule has 0 spiro atoms. The van der Waals surface area contributed by atoms with Crippen LogP contribution < -0.4 is 5.32 Å². The summed E-state index contributed by atoms with van der Waals surface area (Å²) in [6.45, 7) is 3.19. The molecule has 0 bridgehead atoms. The highest BCUT2D eigenvalue weighted by Gasteiger charge is 2.13. The molecule has 0 fully saturated rings. The molecule has 0 aliphatic rings. The van der Waals surface area contributed by atoms with Gasteiger partial charge in [-0.15, -0.1) is 11.3 Å². The minimum absolute atomic E-state index is 0.301. The molecule has 1 unspecified atom stereocenters. The lowest BCUT2D eigenvalue weighted by atomic mass is 10.1. The molecule has 1 N–H and O–H groups in total. The van der Waals surface area contributed by atoms with Crippen molar-refractivity contribution in [1.29, 1.82) is 0 Å². The van der Waals surface area contributed by atoms with Crippen LogP contribution in [0.15, 0.2) is 34.6 Å². The molecule has 96 valence electrons. The van der Waals surface area contributed by atoms with Crippen molar-refractivity contribution in [2.45, 2.75) is 25.8 Å². The zero-order valence-corrected chi connectivity index (χ0v) is 12.7. The SMILES string of the molecule is CCCNC(Cc1cncs1)c1cncc(Br)c1. The van der Waals surface area contributed by atoms with Crippen LogP contribution in [-0.4, -0.2) is 16.5 Å². The Morgan fingerprint density at radius 3 is 2.89 bits per heavy atom. The van der Waals surface area contributed by atoms with Crippen molar-refractivity contribution in [3.63, 3.8) is 0 Å². The van der Waals surface area contributed by atoms with E-state index < -0.39 is 0 Å². The lowest BCUT2D eigenvalue weighted by Crippen LogP contribution is -2.24. The number of hydrogen-bond acceptors (Lipinski definition) is 4. The van der Waals surface area contributed by atoms with E-state index in [1.54, 1.807) is 11.3 Å². The molecule has 1 atom stereocenters. The molecule has 18 heavy (non-hydrogen) atoms. The Labute approximate surface area is 120 Å². The molecule has 2 heterocycles. The summed E-state index contributed by atoms with van der Waals surface area (Å²) < 4.78 is 1.02. The number of rotatable bonds is 6. The van der Waals surface area contributed by atoms with Crippen molar-refractivity contribution in [2.75, 3.05) is 6.54 Å². The highest BCUT2D eigenvalue weighted by atomic mass is 79.9. The fourth-order valence-corrected chi connectivity index (χ4v) is 2.81. The number of pyridine rings is 1. The standard InChI is InChI=1S/C13H16BrN3S/c1-2-3-17-13(5-12-8-16-9-18-12)10-4-11(14)7-15-6-10/h4,6-9,13,17H,2-3,5H2,1H3. The van der Waals surface area contributed by atoms with Crippen LogP contribution in [-0.2, 0) is 6.42 Å². The maximum absolute atomic E-state index is 4.24. The van der Waals surface area contributed by atoms with Crippen LogP contribution in [0.25, 0.3) is 0 Å². The number of nitrogens with one attached hydrogen (secondary N) is 1. The monoisotopic (exact) mass is 325 g/mol. The van der Waals surface area contributed by atoms with E-state index in [0.29, 0.717) is 6.04 Å². The Hall–Kier alpha value is -0.780. The van der Waals surface area contributed by atoms with Crippen LogP contribution in [0, 0.1) is 0 Å². The second-order valence-electron chi connectivity index (χ2n) is 4.12. The Morgan fingerprint density at radius 1 is 1.33 bits per heavy atom. The largest absolute Gasteiger partial charge is 0.310 e. The van der Waals surface area contributed by atoms with Crippen LogP contribution in [0.2, 0.25) is 0 Å². The van der Waals surface area contributed by atoms with E-state index in [1.807, 2.05) is 24.1 Å². The average Bonchev–Trinajstić information content (AvgIpc) is 2.87. The van der Waals surface area contributed by atoms with Gasteiger partial charge in [0.05, 0.1) is 5.51 Å². The predicted molar refractivity (Wildman–Crippen MR) is 78.8 cm³/mol. The molecule has 0 saturated heterocycles. The molecule has 3 nitrogen and oxygen atoms in total. The lowest BCUT2D eigenvalue weighted by Gasteiger charge is -2.18. The topological polar surface area (TPSA) is 37.8 Å². The van der Waals surface area contributed by atoms with E-state index >= 15 is 0 Å². The quantitative estimate of drug-likeness (QED) is 0.882. The highest BCUT2D eigenvalue weighted by Crippen LogP contribution is 2.22. The van der Waals surface area contributed by atoms with Crippen molar-refractivity contribution in [2.24, 2.45) is 0 Å². The van der Waals surface area contributed by atoms with Crippen molar-refractivity contribution in [3.05, 3.63) is 45.1 Å². The van der Waals surface area contributed by atoms with Crippen molar-refractivity contribution in [1.82, 2.24) is 15.3 Å². The third kappa shape index (κ3) is 3.86. The summed E-state index contributed by atoms with van der Waals surface area (Å²) in [5.74, 6) is 0. The molecule has 0 aliphatic heterocycles. The maximum Gasteiger partial charge on any atom is 0.0794 e. The van der Waals surface area contributed by atoms with E-state index in [4.69, 9.17) is 0 Å². The van der Waals surface area contributed by atoms with Crippen LogP contribution in [0.4, 0.5) is 0 Å². The van der Waals surface area contributed by atoms with Crippen molar-refractivity contribution in [3.8, 4) is 0 Å². The first-order valence-electron chi connectivity index (χ1n) is 6.00. The summed E-state index contributed by atoms with van der Waals surface area (Å²) in [7, 11) is 0. The Balaban J connectivity index is 2.13. The van der Waals surface area contributed by atoms with E-state index in [0.717, 1.165) is 23.9 Å². The molecule has 0 radical (unpaired) electrons. The van der Waals surface area contributed by atoms with Gasteiger partial charge in [0.2, 0.25) is 0 Å². The van der Waals surface area contributed by atoms with Gasteiger partial charge in [0.1, 0.15) is 0 Å². The normalized spacial score (nSPS) is 12.6. The van der Waals surface area contributed by atoms with Crippen LogP contribution in [0.1, 0.15) is 29.8 Å². The van der Waals surface area contributed by atoms with Gasteiger partial charge in [-0.25, -0.2) is 0 Å². The first-order chi connectivity index (χ1) is 8.79. The molecular weight excluding hydrogens is 310 g/mol. The first-order valence-corrected chi connectivity index (χ1v) is 7.68. The molecule has 2 aromatic rings. The number of thiazole rings is 1. The summed E-state index contributed by atoms with van der Waals surface area (Å²) in [6.07, 6.45) is 7.77. The number of aromatic nitrogens is 2. The lowest BCUT2D eigenvalue weighted by molar-refractivity contribution is 0.530. The molecule has 0 saturated carbocycles. The minimum Gasteiger partial charge on any atom is -0.310 e. The maximum atomic E-state index is 4.24. The van der Waals surface area contributed by atoms with Gasteiger partial charge in [0.15, 0.2) is 0 Å². The fourth-order valence-electron chi connectivity index (χ4n) is 1.79. The van der Waals surface area contributed by atoms with E-state index in [9.17, 15) is 0 Å². The van der Waals surface area contributed by atoms with Crippen molar-refractivity contribution >= 4 is 27.3 Å². The van der Waals surface area contributed by atoms with Gasteiger partial charge in [-0.05, 0) is 40.5 Å². The van der Waals surface area contributed by atoms with Gasteiger partial charge in [-0.3, -0.25) is 9.97 Å². The molecular formula is C13H16BrN3S. The summed E-state index contributed by atoms with van der Waals surface area (Å²) in [5, 5.41) is 3.57. The third-order valence-electron chi connectivity index (χ3n) is 2.66. The molecule has 2 aromatic heterocycles. The molecule has 0 amide bonds. The zero-order valence-electron chi connectivity index (χ0n) is 10.3. The van der Waals surface area contributed by atoms with Gasteiger partial charge in [-0.2, -0.15) is 0 Å². The van der Waals surface area contributed by atoms with E-state index in [-0.39, 0.29) is 0 Å². The fraction of sp³-hybridized carbons (Fsp3) is 0.385. The Morgan fingerprint density at radius 2 is 2.22 bits per heavy atom. The molecule has 0 aliphatic carbocycles. The Bertz CT molecular complexity index is 473. The predicted octanol–water partition coefficient (Wildman–Crippen LogP) is 3.58. The zero-order chi connectivity index (χ0) is 12.8. The number of hydrogen-bond donors (Lipinski definition) is 1. The summed E-state index contributed by atoms with van der Waals surface area (Å²) in [6, 6.07) is 2.43. The minimum atomic E-state index is 0.301. The second kappa shape index (κ2) is 6.97. The van der Waals surface area contributed by atoms with Gasteiger partial charge in [0, 0.05) is 40.4 Å². The second-order valence-corrected chi connectivity index (χ2v) is 6.00. The first kappa shape index (κ1) is 13.6. The smallest absolute Gasteiger partial charge is 0.0794 e. The van der Waals surface area contributed by atoms with Gasteiger partial charge in [0.25, 0.3) is 0 Å². The third-order valence-corrected chi connectivity index (χ3v) is 3.89. The summed E-state index contributed by atoms with van der Waals surface area (Å²) in [4.78, 5) is 9.67. The number of halogens is 1. The van der Waals surface area contributed by atoms with E-state index in [2.05, 4.69) is 44.2 Å². The van der Waals surface area contributed by atoms with Crippen LogP contribution in [0.3, 0.4) is 0 Å². The number of nitrogens with zero attached hydrogens (tertiary/aromatic N) is 2.